The zero-order valence-electron chi connectivity index (χ0n) is 13.2. The van der Waals surface area contributed by atoms with Crippen molar-refractivity contribution in [2.24, 2.45) is 0 Å². The molecule has 0 spiro atoms. The van der Waals surface area contributed by atoms with Crippen LogP contribution in [0.15, 0.2) is 77.3 Å². The molecule has 0 fully saturated rings. The second-order valence-corrected chi connectivity index (χ2v) is 7.22. The zero-order chi connectivity index (χ0) is 16.1. The number of halogens is 1. The van der Waals surface area contributed by atoms with Gasteiger partial charge in [-0.3, -0.25) is 0 Å². The van der Waals surface area contributed by atoms with Gasteiger partial charge in [-0.15, -0.1) is 0 Å². The molecule has 0 amide bonds. The van der Waals surface area contributed by atoms with Gasteiger partial charge in [-0.25, -0.2) is 0 Å². The van der Waals surface area contributed by atoms with E-state index < -0.39 is 0 Å². The lowest BCUT2D eigenvalue weighted by Crippen LogP contribution is -1.98. The highest BCUT2D eigenvalue weighted by atomic mass is 79.9. The Hall–Kier alpha value is -2.32. The number of aromatic nitrogens is 1. The molecule has 2 heteroatoms. The van der Waals surface area contributed by atoms with Gasteiger partial charge in [-0.2, -0.15) is 0 Å². The molecule has 0 saturated carbocycles. The fourth-order valence-electron chi connectivity index (χ4n) is 3.85. The third kappa shape index (κ3) is 1.99. The van der Waals surface area contributed by atoms with Gasteiger partial charge in [0.2, 0.25) is 0 Å². The van der Waals surface area contributed by atoms with Gasteiger partial charge in [-0.1, -0.05) is 64.5 Å². The first-order chi connectivity index (χ1) is 11.8. The summed E-state index contributed by atoms with van der Waals surface area (Å²) < 4.78 is 3.56. The number of rotatable bonds is 1. The van der Waals surface area contributed by atoms with Crippen molar-refractivity contribution < 1.29 is 0 Å². The van der Waals surface area contributed by atoms with E-state index >= 15 is 0 Å². The van der Waals surface area contributed by atoms with Crippen molar-refractivity contribution in [1.29, 1.82) is 0 Å². The van der Waals surface area contributed by atoms with Gasteiger partial charge in [0.05, 0.1) is 11.0 Å². The summed E-state index contributed by atoms with van der Waals surface area (Å²) in [6.07, 6.45) is 8.85. The summed E-state index contributed by atoms with van der Waals surface area (Å²) in [5, 5.41) is 5.30. The fraction of sp³-hybridized carbons (Fsp3) is 0.0909. The Kier molecular flexibility index (Phi) is 3.14. The number of hydrogen-bond acceptors (Lipinski definition) is 0. The van der Waals surface area contributed by atoms with E-state index in [0.29, 0.717) is 0 Å². The molecule has 1 aromatic heterocycles. The monoisotopic (exact) mass is 373 g/mol. The standard InChI is InChI=1S/C22H16BrN/c23-16-11-12-19-21(14-16)24(17-7-2-1-3-8-17)20-13-10-15-6-4-5-9-18(15)22(19)20/h1-2,4-7,9-14H,3,8H2. The van der Waals surface area contributed by atoms with Crippen molar-refractivity contribution in [3.8, 4) is 0 Å². The smallest absolute Gasteiger partial charge is 0.0549 e. The van der Waals surface area contributed by atoms with Crippen LogP contribution in [0.4, 0.5) is 0 Å². The highest BCUT2D eigenvalue weighted by Crippen LogP contribution is 2.38. The van der Waals surface area contributed by atoms with Crippen molar-refractivity contribution in [2.45, 2.75) is 12.8 Å². The Labute approximate surface area is 149 Å². The molecule has 0 saturated heterocycles. The van der Waals surface area contributed by atoms with Crippen LogP contribution in [0.1, 0.15) is 12.8 Å². The summed E-state index contributed by atoms with van der Waals surface area (Å²) in [7, 11) is 0. The number of hydrogen-bond donors (Lipinski definition) is 0. The van der Waals surface area contributed by atoms with E-state index in [-0.39, 0.29) is 0 Å². The van der Waals surface area contributed by atoms with Crippen LogP contribution in [-0.4, -0.2) is 4.57 Å². The van der Waals surface area contributed by atoms with Crippen molar-refractivity contribution in [3.05, 3.63) is 77.3 Å². The SMILES string of the molecule is Brc1ccc2c3c4ccccc4ccc3n(C3=CC=CCC3)c2c1. The van der Waals surface area contributed by atoms with Crippen LogP contribution in [0.2, 0.25) is 0 Å². The number of nitrogens with zero attached hydrogens (tertiary/aromatic N) is 1. The van der Waals surface area contributed by atoms with Crippen LogP contribution in [0.5, 0.6) is 0 Å². The van der Waals surface area contributed by atoms with Gasteiger partial charge < -0.3 is 4.57 Å². The first-order valence-electron chi connectivity index (χ1n) is 8.30. The Morgan fingerprint density at radius 1 is 0.875 bits per heavy atom. The summed E-state index contributed by atoms with van der Waals surface area (Å²) >= 11 is 3.65. The van der Waals surface area contributed by atoms with E-state index in [1.54, 1.807) is 0 Å². The van der Waals surface area contributed by atoms with Gasteiger partial charge in [0.25, 0.3) is 0 Å². The molecule has 0 N–H and O–H groups in total. The van der Waals surface area contributed by atoms with Gasteiger partial charge in [-0.05, 0) is 47.9 Å². The molecule has 0 unspecified atom stereocenters. The maximum Gasteiger partial charge on any atom is 0.0549 e. The van der Waals surface area contributed by atoms with Crippen LogP contribution in [0.25, 0.3) is 38.3 Å². The molecule has 1 aliphatic carbocycles. The summed E-state index contributed by atoms with van der Waals surface area (Å²) in [5.41, 5.74) is 3.94. The minimum absolute atomic E-state index is 1.08. The molecule has 0 bridgehead atoms. The zero-order valence-corrected chi connectivity index (χ0v) is 14.8. The van der Waals surface area contributed by atoms with Crippen LogP contribution < -0.4 is 0 Å². The second-order valence-electron chi connectivity index (χ2n) is 6.30. The van der Waals surface area contributed by atoms with Gasteiger partial charge in [0, 0.05) is 20.9 Å². The van der Waals surface area contributed by atoms with Gasteiger partial charge in [0.15, 0.2) is 0 Å². The minimum atomic E-state index is 1.08. The van der Waals surface area contributed by atoms with E-state index in [9.17, 15) is 0 Å². The van der Waals surface area contributed by atoms with Crippen molar-refractivity contribution in [3.63, 3.8) is 0 Å². The van der Waals surface area contributed by atoms with Crippen LogP contribution in [-0.2, 0) is 0 Å². The summed E-state index contributed by atoms with van der Waals surface area (Å²) in [6.45, 7) is 0. The summed E-state index contributed by atoms with van der Waals surface area (Å²) in [4.78, 5) is 0. The third-order valence-corrected chi connectivity index (χ3v) is 5.39. The molecule has 24 heavy (non-hydrogen) atoms. The molecule has 116 valence electrons. The summed E-state index contributed by atoms with van der Waals surface area (Å²) in [6, 6.07) is 19.8. The number of benzene rings is 3. The van der Waals surface area contributed by atoms with Gasteiger partial charge in [0.1, 0.15) is 0 Å². The molecule has 1 aliphatic rings. The highest BCUT2D eigenvalue weighted by Gasteiger charge is 2.16. The van der Waals surface area contributed by atoms with E-state index in [1.165, 1.54) is 38.3 Å². The minimum Gasteiger partial charge on any atom is -0.313 e. The molecular formula is C22H16BrN. The quantitative estimate of drug-likeness (QED) is 0.341. The molecule has 1 nitrogen and oxygen atoms in total. The highest BCUT2D eigenvalue weighted by molar-refractivity contribution is 9.10. The first kappa shape index (κ1) is 14.1. The Morgan fingerprint density at radius 3 is 2.67 bits per heavy atom. The predicted molar refractivity (Wildman–Crippen MR) is 107 cm³/mol. The van der Waals surface area contributed by atoms with Gasteiger partial charge >= 0.3 is 0 Å². The average Bonchev–Trinajstić information content (AvgIpc) is 2.96. The van der Waals surface area contributed by atoms with Crippen LogP contribution in [0, 0.1) is 0 Å². The van der Waals surface area contributed by atoms with E-state index in [1.807, 2.05) is 0 Å². The molecule has 5 rings (SSSR count). The Balaban J connectivity index is 2.02. The maximum absolute atomic E-state index is 3.65. The Bertz CT molecular complexity index is 1160. The molecule has 0 atom stereocenters. The average molecular weight is 374 g/mol. The topological polar surface area (TPSA) is 4.93 Å². The molecule has 0 radical (unpaired) electrons. The number of fused-ring (bicyclic) bond motifs is 5. The molecule has 3 aromatic carbocycles. The lowest BCUT2D eigenvalue weighted by molar-refractivity contribution is 0.979. The summed E-state index contributed by atoms with van der Waals surface area (Å²) in [5.74, 6) is 0. The first-order valence-corrected chi connectivity index (χ1v) is 9.10. The molecule has 4 aromatic rings. The normalized spacial score (nSPS) is 14.6. The lowest BCUT2D eigenvalue weighted by atomic mass is 10.0. The lowest BCUT2D eigenvalue weighted by Gasteiger charge is -2.14. The van der Waals surface area contributed by atoms with Crippen molar-refractivity contribution in [2.75, 3.05) is 0 Å². The Morgan fingerprint density at radius 2 is 1.79 bits per heavy atom. The van der Waals surface area contributed by atoms with Crippen LogP contribution in [0.3, 0.4) is 0 Å². The predicted octanol–water partition coefficient (Wildman–Crippen LogP) is 6.90. The van der Waals surface area contributed by atoms with Crippen molar-refractivity contribution >= 4 is 54.2 Å². The maximum atomic E-state index is 3.65. The molecule has 1 heterocycles. The molecular weight excluding hydrogens is 358 g/mol. The van der Waals surface area contributed by atoms with E-state index in [0.717, 1.165) is 17.3 Å². The van der Waals surface area contributed by atoms with Crippen molar-refractivity contribution in [1.82, 2.24) is 4.57 Å². The number of allylic oxidation sites excluding steroid dienone is 4. The second kappa shape index (κ2) is 5.35. The van der Waals surface area contributed by atoms with E-state index in [2.05, 4.69) is 93.3 Å². The largest absolute Gasteiger partial charge is 0.313 e. The van der Waals surface area contributed by atoms with Crippen LogP contribution >= 0.6 is 15.9 Å². The fourth-order valence-corrected chi connectivity index (χ4v) is 4.20. The van der Waals surface area contributed by atoms with E-state index in [4.69, 9.17) is 0 Å². The molecule has 0 aliphatic heterocycles. The third-order valence-electron chi connectivity index (χ3n) is 4.90.